The Kier molecular flexibility index (Phi) is 3.65. The van der Waals surface area contributed by atoms with Crippen molar-refractivity contribution in [1.82, 2.24) is 25.6 Å². The number of ether oxygens (including phenoxy) is 1. The number of benzene rings is 1. The molecule has 8 nitrogen and oxygen atoms in total. The summed E-state index contributed by atoms with van der Waals surface area (Å²) in [6.45, 7) is 3.75. The molecule has 1 aromatic carbocycles. The van der Waals surface area contributed by atoms with Gasteiger partial charge in [0.05, 0.1) is 6.61 Å². The van der Waals surface area contributed by atoms with E-state index in [1.807, 2.05) is 18.2 Å². The number of rotatable bonds is 4. The Labute approximate surface area is 125 Å². The average Bonchev–Trinajstić information content (AvgIpc) is 3.16. The molecule has 2 heterocycles. The Morgan fingerprint density at radius 1 is 1.32 bits per heavy atom. The number of hydrogen-bond donors (Lipinski definition) is 1. The molecule has 22 heavy (non-hydrogen) atoms. The molecule has 1 N–H and O–H groups in total. The number of carbonyl (C=O) groups is 1. The molecule has 2 aromatic heterocycles. The summed E-state index contributed by atoms with van der Waals surface area (Å²) in [6, 6.07) is 7.26. The highest BCUT2D eigenvalue weighted by Crippen LogP contribution is 2.25. The number of hydrogen-bond acceptors (Lipinski definition) is 7. The van der Waals surface area contributed by atoms with Crippen LogP contribution in [0.5, 0.6) is 0 Å². The second-order valence-electron chi connectivity index (χ2n) is 4.47. The molecule has 0 aliphatic rings. The van der Waals surface area contributed by atoms with Crippen molar-refractivity contribution in [3.05, 3.63) is 35.8 Å². The highest BCUT2D eigenvalue weighted by molar-refractivity contribution is 5.94. The second kappa shape index (κ2) is 5.76. The Morgan fingerprint density at radius 2 is 2.14 bits per heavy atom. The normalized spacial score (nSPS) is 10.6. The van der Waals surface area contributed by atoms with Crippen LogP contribution in [0.15, 0.2) is 28.8 Å². The van der Waals surface area contributed by atoms with Crippen molar-refractivity contribution >= 4 is 5.97 Å². The summed E-state index contributed by atoms with van der Waals surface area (Å²) in [5.74, 6) is 0.430. The van der Waals surface area contributed by atoms with Crippen molar-refractivity contribution in [1.29, 1.82) is 0 Å². The van der Waals surface area contributed by atoms with Gasteiger partial charge in [0.25, 0.3) is 5.89 Å². The van der Waals surface area contributed by atoms with E-state index in [2.05, 4.69) is 25.6 Å². The van der Waals surface area contributed by atoms with Crippen molar-refractivity contribution in [2.75, 3.05) is 6.61 Å². The highest BCUT2D eigenvalue weighted by atomic mass is 16.5. The van der Waals surface area contributed by atoms with E-state index in [4.69, 9.17) is 9.26 Å². The minimum atomic E-state index is -0.523. The third-order valence-electron chi connectivity index (χ3n) is 2.93. The van der Waals surface area contributed by atoms with Crippen LogP contribution in [-0.4, -0.2) is 38.1 Å². The van der Waals surface area contributed by atoms with Gasteiger partial charge in [-0.15, -0.1) is 5.10 Å². The summed E-state index contributed by atoms with van der Waals surface area (Å²) in [5, 5.41) is 14.1. The number of aromatic amines is 1. The first kappa shape index (κ1) is 13.9. The Morgan fingerprint density at radius 3 is 2.86 bits per heavy atom. The van der Waals surface area contributed by atoms with Crippen LogP contribution < -0.4 is 0 Å². The smallest absolute Gasteiger partial charge is 0.361 e. The minimum Gasteiger partial charge on any atom is -0.461 e. The van der Waals surface area contributed by atoms with Crippen molar-refractivity contribution in [2.45, 2.75) is 13.8 Å². The summed E-state index contributed by atoms with van der Waals surface area (Å²) in [7, 11) is 0. The standard InChI is InChI=1S/C14H13N5O3/c1-3-21-14(20)12-11(16-19-17-12)9-5-4-6-10(7-9)13-15-8(2)18-22-13/h4-7H,3H2,1-2H3,(H,16,17,19). The van der Waals surface area contributed by atoms with E-state index in [-0.39, 0.29) is 12.3 Å². The molecule has 3 rings (SSSR count). The zero-order valence-electron chi connectivity index (χ0n) is 12.0. The van der Waals surface area contributed by atoms with Gasteiger partial charge >= 0.3 is 5.97 Å². The lowest BCUT2D eigenvalue weighted by Gasteiger charge is -2.02. The van der Waals surface area contributed by atoms with E-state index < -0.39 is 5.97 Å². The van der Waals surface area contributed by atoms with Gasteiger partial charge in [0.2, 0.25) is 0 Å². The Balaban J connectivity index is 2.00. The van der Waals surface area contributed by atoms with Gasteiger partial charge in [-0.25, -0.2) is 4.79 Å². The maximum Gasteiger partial charge on any atom is 0.361 e. The topological polar surface area (TPSA) is 107 Å². The molecule has 0 unspecified atom stereocenters. The van der Waals surface area contributed by atoms with Gasteiger partial charge in [-0.2, -0.15) is 15.3 Å². The van der Waals surface area contributed by atoms with Crippen LogP contribution in [0.2, 0.25) is 0 Å². The maximum atomic E-state index is 11.9. The number of nitrogens with one attached hydrogen (secondary N) is 1. The van der Waals surface area contributed by atoms with Crippen molar-refractivity contribution in [2.24, 2.45) is 0 Å². The quantitative estimate of drug-likeness (QED) is 0.734. The molecule has 0 saturated heterocycles. The van der Waals surface area contributed by atoms with Crippen LogP contribution in [0.4, 0.5) is 0 Å². The molecule has 8 heteroatoms. The number of carbonyl (C=O) groups excluding carboxylic acids is 1. The van der Waals surface area contributed by atoms with Crippen molar-refractivity contribution in [3.8, 4) is 22.7 Å². The molecule has 0 bridgehead atoms. The SMILES string of the molecule is CCOC(=O)c1n[nH]nc1-c1cccc(-c2nc(C)no2)c1. The first-order valence-electron chi connectivity index (χ1n) is 6.68. The van der Waals surface area contributed by atoms with Crippen LogP contribution in [0.1, 0.15) is 23.2 Å². The molecule has 0 fully saturated rings. The fourth-order valence-electron chi connectivity index (χ4n) is 1.99. The highest BCUT2D eigenvalue weighted by Gasteiger charge is 2.19. The maximum absolute atomic E-state index is 11.9. The Bertz CT molecular complexity index is 808. The van der Waals surface area contributed by atoms with Gasteiger partial charge in [-0.05, 0) is 26.0 Å². The summed E-state index contributed by atoms with van der Waals surface area (Å²) < 4.78 is 10.1. The molecule has 0 amide bonds. The number of esters is 1. The lowest BCUT2D eigenvalue weighted by molar-refractivity contribution is 0.0520. The molecule has 0 aliphatic carbocycles. The van der Waals surface area contributed by atoms with E-state index >= 15 is 0 Å². The fourth-order valence-corrected chi connectivity index (χ4v) is 1.99. The lowest BCUT2D eigenvalue weighted by atomic mass is 10.1. The Hall–Kier alpha value is -3.03. The molecular formula is C14H13N5O3. The van der Waals surface area contributed by atoms with Crippen LogP contribution in [-0.2, 0) is 4.74 Å². The zero-order valence-corrected chi connectivity index (χ0v) is 12.0. The van der Waals surface area contributed by atoms with Gasteiger partial charge in [0.15, 0.2) is 11.5 Å². The van der Waals surface area contributed by atoms with Gasteiger partial charge in [-0.1, -0.05) is 17.3 Å². The van der Waals surface area contributed by atoms with Gasteiger partial charge < -0.3 is 9.26 Å². The summed E-state index contributed by atoms with van der Waals surface area (Å²) in [5.41, 5.74) is 1.98. The molecular weight excluding hydrogens is 286 g/mol. The summed E-state index contributed by atoms with van der Waals surface area (Å²) >= 11 is 0. The third kappa shape index (κ3) is 2.58. The van der Waals surface area contributed by atoms with Crippen molar-refractivity contribution in [3.63, 3.8) is 0 Å². The van der Waals surface area contributed by atoms with Gasteiger partial charge in [0.1, 0.15) is 5.69 Å². The molecule has 0 spiro atoms. The molecule has 3 aromatic rings. The number of aromatic nitrogens is 5. The van der Waals surface area contributed by atoms with Gasteiger partial charge in [0, 0.05) is 11.1 Å². The van der Waals surface area contributed by atoms with E-state index in [1.54, 1.807) is 19.9 Å². The number of aryl methyl sites for hydroxylation is 1. The molecule has 0 aliphatic heterocycles. The van der Waals surface area contributed by atoms with E-state index in [0.717, 1.165) is 5.56 Å². The molecule has 0 atom stereocenters. The molecule has 0 saturated carbocycles. The molecule has 112 valence electrons. The van der Waals surface area contributed by atoms with E-state index in [9.17, 15) is 4.79 Å². The van der Waals surface area contributed by atoms with Crippen LogP contribution >= 0.6 is 0 Å². The van der Waals surface area contributed by atoms with Crippen molar-refractivity contribution < 1.29 is 14.1 Å². The number of nitrogens with zero attached hydrogens (tertiary/aromatic N) is 4. The first-order valence-corrected chi connectivity index (χ1v) is 6.68. The fraction of sp³-hybridized carbons (Fsp3) is 0.214. The van der Waals surface area contributed by atoms with Crippen LogP contribution in [0, 0.1) is 6.92 Å². The number of H-pyrrole nitrogens is 1. The molecule has 0 radical (unpaired) electrons. The second-order valence-corrected chi connectivity index (χ2v) is 4.47. The largest absolute Gasteiger partial charge is 0.461 e. The predicted octanol–water partition coefficient (Wildman–Crippen LogP) is 2.01. The zero-order chi connectivity index (χ0) is 15.5. The van der Waals surface area contributed by atoms with E-state index in [1.165, 1.54) is 0 Å². The lowest BCUT2D eigenvalue weighted by Crippen LogP contribution is -2.06. The summed E-state index contributed by atoms with van der Waals surface area (Å²) in [6.07, 6.45) is 0. The first-order chi connectivity index (χ1) is 10.7. The monoisotopic (exact) mass is 299 g/mol. The third-order valence-corrected chi connectivity index (χ3v) is 2.93. The average molecular weight is 299 g/mol. The summed E-state index contributed by atoms with van der Waals surface area (Å²) in [4.78, 5) is 16.0. The minimum absolute atomic E-state index is 0.140. The van der Waals surface area contributed by atoms with E-state index in [0.29, 0.717) is 23.0 Å². The van der Waals surface area contributed by atoms with Crippen LogP contribution in [0.3, 0.4) is 0 Å². The van der Waals surface area contributed by atoms with Crippen LogP contribution in [0.25, 0.3) is 22.7 Å². The predicted molar refractivity (Wildman–Crippen MR) is 75.8 cm³/mol. The van der Waals surface area contributed by atoms with Gasteiger partial charge in [-0.3, -0.25) is 0 Å².